The summed E-state index contributed by atoms with van der Waals surface area (Å²) in [5.41, 5.74) is 1.36. The summed E-state index contributed by atoms with van der Waals surface area (Å²) in [5.74, 6) is 0.149. The molecule has 2 rings (SSSR count). The van der Waals surface area contributed by atoms with Gasteiger partial charge >= 0.3 is 5.97 Å². The van der Waals surface area contributed by atoms with E-state index in [9.17, 15) is 14.9 Å². The molecule has 0 fully saturated rings. The van der Waals surface area contributed by atoms with Crippen molar-refractivity contribution in [2.75, 3.05) is 7.11 Å². The zero-order valence-electron chi connectivity index (χ0n) is 11.3. The Morgan fingerprint density at radius 2 is 1.71 bits per heavy atom. The molecule has 21 heavy (non-hydrogen) atoms. The minimum Gasteiger partial charge on any atom is -0.489 e. The number of nitrogens with zero attached hydrogens (tertiary/aromatic N) is 1. The number of hydrogen-bond acceptors (Lipinski definition) is 5. The van der Waals surface area contributed by atoms with E-state index >= 15 is 0 Å². The van der Waals surface area contributed by atoms with Gasteiger partial charge in [-0.3, -0.25) is 10.1 Å². The first-order valence-electron chi connectivity index (χ1n) is 6.14. The molecule has 0 spiro atoms. The fraction of sp³-hybridized carbons (Fsp3) is 0.133. The third-order valence-electron chi connectivity index (χ3n) is 2.83. The second kappa shape index (κ2) is 6.51. The van der Waals surface area contributed by atoms with Crippen LogP contribution in [0.2, 0.25) is 0 Å². The fourth-order valence-electron chi connectivity index (χ4n) is 1.69. The second-order valence-corrected chi connectivity index (χ2v) is 4.23. The molecule has 108 valence electrons. The molecule has 2 aromatic carbocycles. The van der Waals surface area contributed by atoms with Gasteiger partial charge in [-0.15, -0.1) is 0 Å². The molecule has 0 unspecified atom stereocenters. The lowest BCUT2D eigenvalue weighted by Crippen LogP contribution is -2.02. The van der Waals surface area contributed by atoms with Crippen molar-refractivity contribution in [3.8, 4) is 5.75 Å². The Kier molecular flexibility index (Phi) is 4.50. The maximum atomic E-state index is 11.3. The first-order valence-corrected chi connectivity index (χ1v) is 6.14. The van der Waals surface area contributed by atoms with E-state index < -0.39 is 10.9 Å². The molecule has 6 heteroatoms. The van der Waals surface area contributed by atoms with Crippen LogP contribution in [0.3, 0.4) is 0 Å². The highest BCUT2D eigenvalue weighted by Crippen LogP contribution is 2.18. The quantitative estimate of drug-likeness (QED) is 0.480. The van der Waals surface area contributed by atoms with E-state index in [0.29, 0.717) is 17.9 Å². The van der Waals surface area contributed by atoms with Crippen LogP contribution in [-0.2, 0) is 11.3 Å². The molecule has 0 aromatic heterocycles. The lowest BCUT2D eigenvalue weighted by atomic mass is 10.1. The number of carbonyl (C=O) groups excluding carboxylic acids is 1. The number of nitro groups is 1. The van der Waals surface area contributed by atoms with Gasteiger partial charge in [0.2, 0.25) is 0 Å². The molecule has 6 nitrogen and oxygen atoms in total. The minimum absolute atomic E-state index is 0.0183. The average molecular weight is 287 g/mol. The zero-order chi connectivity index (χ0) is 15.2. The Balaban J connectivity index is 1.96. The van der Waals surface area contributed by atoms with Crippen LogP contribution in [0.4, 0.5) is 5.69 Å². The number of esters is 1. The van der Waals surface area contributed by atoms with Gasteiger partial charge in [0.15, 0.2) is 0 Å². The van der Waals surface area contributed by atoms with Crippen molar-refractivity contribution in [3.05, 3.63) is 69.8 Å². The van der Waals surface area contributed by atoms with Gasteiger partial charge in [0, 0.05) is 12.1 Å². The van der Waals surface area contributed by atoms with E-state index in [1.165, 1.54) is 19.2 Å². The molecule has 0 heterocycles. The summed E-state index contributed by atoms with van der Waals surface area (Å²) in [7, 11) is 1.33. The van der Waals surface area contributed by atoms with Crippen LogP contribution in [0.1, 0.15) is 15.9 Å². The maximum absolute atomic E-state index is 11.3. The topological polar surface area (TPSA) is 78.7 Å². The molecule has 0 saturated heterocycles. The zero-order valence-corrected chi connectivity index (χ0v) is 11.3. The highest BCUT2D eigenvalue weighted by atomic mass is 16.6. The molecular formula is C15H13NO5. The molecule has 0 amide bonds. The van der Waals surface area contributed by atoms with Crippen LogP contribution >= 0.6 is 0 Å². The molecule has 0 radical (unpaired) electrons. The summed E-state index contributed by atoms with van der Waals surface area (Å²) < 4.78 is 10.1. The normalized spacial score (nSPS) is 9.95. The van der Waals surface area contributed by atoms with Crippen LogP contribution in [-0.4, -0.2) is 18.0 Å². The van der Waals surface area contributed by atoms with Crippen molar-refractivity contribution < 1.29 is 19.2 Å². The molecule has 0 aliphatic rings. The van der Waals surface area contributed by atoms with Gasteiger partial charge in [-0.2, -0.15) is 0 Å². The van der Waals surface area contributed by atoms with E-state index in [1.807, 2.05) is 0 Å². The summed E-state index contributed by atoms with van der Waals surface area (Å²) in [6.07, 6.45) is 0. The van der Waals surface area contributed by atoms with Crippen molar-refractivity contribution in [3.63, 3.8) is 0 Å². The van der Waals surface area contributed by atoms with Gasteiger partial charge < -0.3 is 9.47 Å². The Morgan fingerprint density at radius 1 is 1.10 bits per heavy atom. The molecule has 0 atom stereocenters. The third-order valence-corrected chi connectivity index (χ3v) is 2.83. The summed E-state index contributed by atoms with van der Waals surface area (Å²) in [6.45, 7) is 0.305. The third kappa shape index (κ3) is 3.79. The second-order valence-electron chi connectivity index (χ2n) is 4.23. The summed E-state index contributed by atoms with van der Waals surface area (Å²) in [6, 6.07) is 12.7. The van der Waals surface area contributed by atoms with Gasteiger partial charge in [-0.1, -0.05) is 12.1 Å². The van der Waals surface area contributed by atoms with Crippen molar-refractivity contribution >= 4 is 11.7 Å². The fourth-order valence-corrected chi connectivity index (χ4v) is 1.69. The van der Waals surface area contributed by atoms with E-state index in [1.54, 1.807) is 36.4 Å². The largest absolute Gasteiger partial charge is 0.489 e. The Labute approximate surface area is 121 Å². The number of methoxy groups -OCH3 is 1. The first kappa shape index (κ1) is 14.5. The van der Waals surface area contributed by atoms with Crippen LogP contribution in [0, 0.1) is 10.1 Å². The standard InChI is InChI=1S/C15H13NO5/c1-20-15(17)12-4-2-11(3-5-12)10-21-14-8-6-13(7-9-14)16(18)19/h2-9H,10H2,1H3. The van der Waals surface area contributed by atoms with Crippen molar-refractivity contribution in [2.24, 2.45) is 0 Å². The first-order chi connectivity index (χ1) is 10.1. The number of benzene rings is 2. The van der Waals surface area contributed by atoms with Crippen LogP contribution in [0.5, 0.6) is 5.75 Å². The predicted octanol–water partition coefficient (Wildman–Crippen LogP) is 2.96. The monoisotopic (exact) mass is 287 g/mol. The lowest BCUT2D eigenvalue weighted by molar-refractivity contribution is -0.384. The van der Waals surface area contributed by atoms with Gasteiger partial charge in [-0.05, 0) is 29.8 Å². The van der Waals surface area contributed by atoms with E-state index in [4.69, 9.17) is 4.74 Å². The number of carbonyl (C=O) groups is 1. The SMILES string of the molecule is COC(=O)c1ccc(COc2ccc([N+](=O)[O-])cc2)cc1. The summed E-state index contributed by atoms with van der Waals surface area (Å²) in [5, 5.41) is 10.5. The number of non-ortho nitro benzene ring substituents is 1. The molecule has 2 aromatic rings. The van der Waals surface area contributed by atoms with Crippen LogP contribution in [0.15, 0.2) is 48.5 Å². The van der Waals surface area contributed by atoms with Crippen molar-refractivity contribution in [1.29, 1.82) is 0 Å². The van der Waals surface area contributed by atoms with E-state index in [2.05, 4.69) is 4.74 Å². The summed E-state index contributed by atoms with van der Waals surface area (Å²) in [4.78, 5) is 21.3. The predicted molar refractivity (Wildman–Crippen MR) is 75.2 cm³/mol. The maximum Gasteiger partial charge on any atom is 0.337 e. The van der Waals surface area contributed by atoms with Gasteiger partial charge in [0.1, 0.15) is 12.4 Å². The Morgan fingerprint density at radius 3 is 2.24 bits per heavy atom. The average Bonchev–Trinajstić information content (AvgIpc) is 2.53. The number of ether oxygens (including phenoxy) is 2. The Bertz CT molecular complexity index is 634. The smallest absolute Gasteiger partial charge is 0.337 e. The highest BCUT2D eigenvalue weighted by molar-refractivity contribution is 5.89. The number of hydrogen-bond donors (Lipinski definition) is 0. The van der Waals surface area contributed by atoms with Crippen LogP contribution < -0.4 is 4.74 Å². The lowest BCUT2D eigenvalue weighted by Gasteiger charge is -2.06. The molecule has 0 N–H and O–H groups in total. The van der Waals surface area contributed by atoms with Crippen LogP contribution in [0.25, 0.3) is 0 Å². The van der Waals surface area contributed by atoms with Gasteiger partial charge in [0.05, 0.1) is 17.6 Å². The molecule has 0 aliphatic carbocycles. The van der Waals surface area contributed by atoms with Gasteiger partial charge in [-0.25, -0.2) is 4.79 Å². The van der Waals surface area contributed by atoms with Crippen molar-refractivity contribution in [1.82, 2.24) is 0 Å². The molecule has 0 bridgehead atoms. The Hall–Kier alpha value is -2.89. The molecule has 0 aliphatic heterocycles. The number of rotatable bonds is 5. The summed E-state index contributed by atoms with van der Waals surface area (Å²) >= 11 is 0. The number of nitro benzene ring substituents is 1. The molecule has 0 saturated carbocycles. The van der Waals surface area contributed by atoms with E-state index in [0.717, 1.165) is 5.56 Å². The molecular weight excluding hydrogens is 274 g/mol. The van der Waals surface area contributed by atoms with Crippen molar-refractivity contribution in [2.45, 2.75) is 6.61 Å². The van der Waals surface area contributed by atoms with Gasteiger partial charge in [0.25, 0.3) is 5.69 Å². The minimum atomic E-state index is -0.463. The van der Waals surface area contributed by atoms with E-state index in [-0.39, 0.29) is 5.69 Å². The highest BCUT2D eigenvalue weighted by Gasteiger charge is 2.06.